The van der Waals surface area contributed by atoms with Crippen molar-refractivity contribution in [3.8, 4) is 11.5 Å². The van der Waals surface area contributed by atoms with E-state index in [-0.39, 0.29) is 50.8 Å². The molecule has 0 aliphatic rings. The second-order valence-corrected chi connectivity index (χ2v) is 4.16. The molecule has 0 radical (unpaired) electrons. The van der Waals surface area contributed by atoms with Crippen molar-refractivity contribution >= 4 is 0 Å². The number of aliphatic hydroxyl groups excluding tert-OH is 4. The zero-order valence-electron chi connectivity index (χ0n) is 11.5. The third-order valence-electron chi connectivity index (χ3n) is 2.67. The Morgan fingerprint density at radius 2 is 0.950 bits per heavy atom. The Labute approximate surface area is 118 Å². The van der Waals surface area contributed by atoms with Gasteiger partial charge in [0.25, 0.3) is 0 Å². The Bertz CT molecular complexity index is 332. The first-order valence-corrected chi connectivity index (χ1v) is 6.58. The summed E-state index contributed by atoms with van der Waals surface area (Å²) in [5.41, 5.74) is 1.00. The van der Waals surface area contributed by atoms with Gasteiger partial charge in [0, 0.05) is 37.6 Å². The zero-order chi connectivity index (χ0) is 15.4. The number of hydrogen-bond acceptors (Lipinski definition) is 6. The van der Waals surface area contributed by atoms with Crippen LogP contribution in [0.3, 0.4) is 0 Å². The molecule has 116 valence electrons. The van der Waals surface area contributed by atoms with Gasteiger partial charge in [-0.2, -0.15) is 0 Å². The number of phenols is 2. The number of hydrogen-bond donors (Lipinski definition) is 6. The van der Waals surface area contributed by atoms with Crippen LogP contribution in [-0.4, -0.2) is 57.1 Å². The number of aromatic hydroxyl groups is 2. The molecular formula is C14H24O6. The quantitative estimate of drug-likeness (QED) is 0.308. The van der Waals surface area contributed by atoms with Crippen LogP contribution in [0.2, 0.25) is 0 Å². The van der Waals surface area contributed by atoms with Crippen LogP contribution in [0, 0.1) is 0 Å². The fourth-order valence-electron chi connectivity index (χ4n) is 1.67. The second kappa shape index (κ2) is 11.5. The standard InChI is InChI=1S/C10H14O4.C4H10O2/c11-5-3-7-8(4-6-12)10(14)2-1-9(7)13;5-3-1-2-4-6/h1-2,11-14H,3-6H2;5-6H,1-4H2. The van der Waals surface area contributed by atoms with Gasteiger partial charge in [-0.3, -0.25) is 0 Å². The van der Waals surface area contributed by atoms with Crippen LogP contribution in [0.1, 0.15) is 24.0 Å². The van der Waals surface area contributed by atoms with E-state index in [1.54, 1.807) is 0 Å². The normalized spacial score (nSPS) is 10.0. The molecule has 1 aromatic rings. The SMILES string of the molecule is OCCCCO.OCCc1c(O)ccc(O)c1CCO. The van der Waals surface area contributed by atoms with Crippen LogP contribution in [0.15, 0.2) is 12.1 Å². The minimum Gasteiger partial charge on any atom is -0.508 e. The Balaban J connectivity index is 0.000000511. The molecule has 1 aromatic carbocycles. The number of phenolic OH excluding ortho intramolecular Hbond substituents is 2. The van der Waals surface area contributed by atoms with Gasteiger partial charge in [0.1, 0.15) is 11.5 Å². The Hall–Kier alpha value is -1.34. The van der Waals surface area contributed by atoms with Crippen LogP contribution < -0.4 is 0 Å². The first-order valence-electron chi connectivity index (χ1n) is 6.58. The lowest BCUT2D eigenvalue weighted by atomic mass is 10.00. The van der Waals surface area contributed by atoms with Crippen molar-refractivity contribution in [3.63, 3.8) is 0 Å². The molecule has 6 nitrogen and oxygen atoms in total. The molecule has 0 saturated heterocycles. The van der Waals surface area contributed by atoms with Gasteiger partial charge in [-0.05, 0) is 37.8 Å². The van der Waals surface area contributed by atoms with E-state index < -0.39 is 0 Å². The first-order chi connectivity index (χ1) is 9.62. The van der Waals surface area contributed by atoms with Gasteiger partial charge in [-0.15, -0.1) is 0 Å². The van der Waals surface area contributed by atoms with Crippen molar-refractivity contribution in [1.82, 2.24) is 0 Å². The van der Waals surface area contributed by atoms with Gasteiger partial charge in [0.2, 0.25) is 0 Å². The van der Waals surface area contributed by atoms with E-state index in [0.29, 0.717) is 11.1 Å². The third kappa shape index (κ3) is 6.72. The molecule has 0 saturated carbocycles. The number of unbranched alkanes of at least 4 members (excludes halogenated alkanes) is 1. The minimum absolute atomic E-state index is 0.0419. The summed E-state index contributed by atoms with van der Waals surface area (Å²) in [7, 11) is 0. The molecule has 0 bridgehead atoms. The number of rotatable bonds is 7. The topological polar surface area (TPSA) is 121 Å². The van der Waals surface area contributed by atoms with Crippen molar-refractivity contribution in [2.75, 3.05) is 26.4 Å². The number of aliphatic hydroxyl groups is 4. The molecule has 0 aliphatic heterocycles. The largest absolute Gasteiger partial charge is 0.508 e. The molecule has 0 fully saturated rings. The zero-order valence-corrected chi connectivity index (χ0v) is 11.5. The first kappa shape index (κ1) is 18.7. The van der Waals surface area contributed by atoms with Gasteiger partial charge >= 0.3 is 0 Å². The van der Waals surface area contributed by atoms with Crippen LogP contribution in [0.4, 0.5) is 0 Å². The summed E-state index contributed by atoms with van der Waals surface area (Å²) < 4.78 is 0. The molecule has 0 heterocycles. The fourth-order valence-corrected chi connectivity index (χ4v) is 1.67. The molecule has 0 amide bonds. The van der Waals surface area contributed by atoms with E-state index in [4.69, 9.17) is 20.4 Å². The average Bonchev–Trinajstić information content (AvgIpc) is 2.45. The maximum Gasteiger partial charge on any atom is 0.119 e. The van der Waals surface area contributed by atoms with Crippen LogP contribution in [-0.2, 0) is 12.8 Å². The molecule has 0 aliphatic carbocycles. The molecule has 6 heteroatoms. The van der Waals surface area contributed by atoms with E-state index in [1.807, 2.05) is 0 Å². The maximum absolute atomic E-state index is 9.47. The summed E-state index contributed by atoms with van der Waals surface area (Å²) in [6.45, 7) is 0.187. The second-order valence-electron chi connectivity index (χ2n) is 4.16. The Morgan fingerprint density at radius 1 is 0.600 bits per heavy atom. The lowest BCUT2D eigenvalue weighted by Gasteiger charge is -2.11. The highest BCUT2D eigenvalue weighted by molar-refractivity contribution is 5.47. The van der Waals surface area contributed by atoms with E-state index >= 15 is 0 Å². The van der Waals surface area contributed by atoms with Crippen molar-refractivity contribution in [1.29, 1.82) is 0 Å². The minimum atomic E-state index is -0.102. The fraction of sp³-hybridized carbons (Fsp3) is 0.571. The smallest absolute Gasteiger partial charge is 0.119 e. The van der Waals surface area contributed by atoms with Crippen molar-refractivity contribution in [2.45, 2.75) is 25.7 Å². The molecule has 0 spiro atoms. The van der Waals surface area contributed by atoms with Gasteiger partial charge < -0.3 is 30.6 Å². The predicted molar refractivity (Wildman–Crippen MR) is 74.8 cm³/mol. The molecule has 0 aromatic heterocycles. The van der Waals surface area contributed by atoms with Crippen molar-refractivity contribution in [2.24, 2.45) is 0 Å². The highest BCUT2D eigenvalue weighted by atomic mass is 16.3. The third-order valence-corrected chi connectivity index (χ3v) is 2.67. The summed E-state index contributed by atoms with van der Waals surface area (Å²) in [5.74, 6) is 0.0839. The highest BCUT2D eigenvalue weighted by Gasteiger charge is 2.11. The van der Waals surface area contributed by atoms with Crippen molar-refractivity contribution < 1.29 is 30.6 Å². The monoisotopic (exact) mass is 288 g/mol. The van der Waals surface area contributed by atoms with E-state index in [1.165, 1.54) is 12.1 Å². The lowest BCUT2D eigenvalue weighted by Crippen LogP contribution is -2.01. The lowest BCUT2D eigenvalue weighted by molar-refractivity contribution is 0.242. The van der Waals surface area contributed by atoms with E-state index in [9.17, 15) is 10.2 Å². The summed E-state index contributed by atoms with van der Waals surface area (Å²) in [4.78, 5) is 0. The molecule has 1 rings (SSSR count). The summed E-state index contributed by atoms with van der Waals surface area (Å²) >= 11 is 0. The van der Waals surface area contributed by atoms with Crippen molar-refractivity contribution in [3.05, 3.63) is 23.3 Å². The van der Waals surface area contributed by atoms with Crippen LogP contribution in [0.5, 0.6) is 11.5 Å². The van der Waals surface area contributed by atoms with Gasteiger partial charge in [0.05, 0.1) is 0 Å². The molecular weight excluding hydrogens is 264 g/mol. The maximum atomic E-state index is 9.47. The van der Waals surface area contributed by atoms with Gasteiger partial charge in [0.15, 0.2) is 0 Å². The molecule has 6 N–H and O–H groups in total. The van der Waals surface area contributed by atoms with Crippen LogP contribution in [0.25, 0.3) is 0 Å². The summed E-state index contributed by atoms with van der Waals surface area (Å²) in [6, 6.07) is 2.75. The molecule has 0 atom stereocenters. The average molecular weight is 288 g/mol. The Kier molecular flexibility index (Phi) is 10.7. The van der Waals surface area contributed by atoms with E-state index in [2.05, 4.69) is 0 Å². The molecule has 20 heavy (non-hydrogen) atoms. The van der Waals surface area contributed by atoms with Gasteiger partial charge in [-0.25, -0.2) is 0 Å². The number of benzene rings is 1. The Morgan fingerprint density at radius 3 is 1.20 bits per heavy atom. The summed E-state index contributed by atoms with van der Waals surface area (Å²) in [6.07, 6.45) is 1.98. The van der Waals surface area contributed by atoms with E-state index in [0.717, 1.165) is 12.8 Å². The molecule has 0 unspecified atom stereocenters. The van der Waals surface area contributed by atoms with Crippen LogP contribution >= 0.6 is 0 Å². The predicted octanol–water partition coefficient (Wildman–Crippen LogP) is -0.0814. The van der Waals surface area contributed by atoms with Gasteiger partial charge in [-0.1, -0.05) is 0 Å². The summed E-state index contributed by atoms with van der Waals surface area (Å²) in [5, 5.41) is 52.7. The highest BCUT2D eigenvalue weighted by Crippen LogP contribution is 2.29.